The van der Waals surface area contributed by atoms with Crippen molar-refractivity contribution in [2.75, 3.05) is 5.32 Å². The Hall–Kier alpha value is -1.05. The summed E-state index contributed by atoms with van der Waals surface area (Å²) in [4.78, 5) is 0. The molecule has 1 aliphatic carbocycles. The van der Waals surface area contributed by atoms with Crippen molar-refractivity contribution >= 4 is 5.69 Å². The number of halogens is 1. The maximum atomic E-state index is 13.6. The van der Waals surface area contributed by atoms with Crippen molar-refractivity contribution in [3.05, 3.63) is 29.6 Å². The van der Waals surface area contributed by atoms with Crippen LogP contribution in [0.3, 0.4) is 0 Å². The monoisotopic (exact) mass is 207 g/mol. The van der Waals surface area contributed by atoms with Crippen LogP contribution in [0.15, 0.2) is 18.2 Å². The molecule has 0 aliphatic heterocycles. The van der Waals surface area contributed by atoms with Gasteiger partial charge in [-0.3, -0.25) is 0 Å². The minimum absolute atomic E-state index is 0.130. The van der Waals surface area contributed by atoms with Crippen molar-refractivity contribution in [1.82, 2.24) is 0 Å². The fraction of sp³-hybridized carbons (Fsp3) is 0.538. The third-order valence-electron chi connectivity index (χ3n) is 3.33. The van der Waals surface area contributed by atoms with Gasteiger partial charge in [-0.25, -0.2) is 4.39 Å². The number of benzene rings is 1. The van der Waals surface area contributed by atoms with Crippen molar-refractivity contribution in [3.63, 3.8) is 0 Å². The summed E-state index contributed by atoms with van der Waals surface area (Å²) in [5.74, 6) is 0.528. The molecule has 0 saturated heterocycles. The van der Waals surface area contributed by atoms with Crippen LogP contribution >= 0.6 is 0 Å². The zero-order chi connectivity index (χ0) is 10.8. The Morgan fingerprint density at radius 3 is 2.73 bits per heavy atom. The molecule has 1 aromatic rings. The van der Waals surface area contributed by atoms with Crippen LogP contribution in [-0.4, -0.2) is 6.04 Å². The van der Waals surface area contributed by atoms with Gasteiger partial charge >= 0.3 is 0 Å². The van der Waals surface area contributed by atoms with Crippen molar-refractivity contribution < 1.29 is 4.39 Å². The first-order valence-corrected chi connectivity index (χ1v) is 5.69. The Bertz CT molecular complexity index is 348. The molecule has 0 spiro atoms. The van der Waals surface area contributed by atoms with Gasteiger partial charge in [0.15, 0.2) is 0 Å². The lowest BCUT2D eigenvalue weighted by Crippen LogP contribution is -2.22. The minimum atomic E-state index is -0.130. The summed E-state index contributed by atoms with van der Waals surface area (Å²) in [5, 5.41) is 3.31. The van der Waals surface area contributed by atoms with E-state index in [-0.39, 0.29) is 5.82 Å². The molecule has 1 aliphatic rings. The first-order valence-electron chi connectivity index (χ1n) is 5.69. The standard InChI is InChI=1S/C13H18FN/c1-9-6-7-13(11(14)8-9)15-12-5-3-4-10(12)2/h6-8,10,12,15H,3-5H2,1-2H3. The van der Waals surface area contributed by atoms with Gasteiger partial charge in [-0.2, -0.15) is 0 Å². The van der Waals surface area contributed by atoms with Crippen LogP contribution in [0.1, 0.15) is 31.7 Å². The molecule has 82 valence electrons. The summed E-state index contributed by atoms with van der Waals surface area (Å²) in [6.07, 6.45) is 3.67. The molecule has 0 heterocycles. The fourth-order valence-corrected chi connectivity index (χ4v) is 2.30. The molecule has 1 aromatic carbocycles. The van der Waals surface area contributed by atoms with E-state index in [0.29, 0.717) is 17.6 Å². The third kappa shape index (κ3) is 2.31. The number of hydrogen-bond acceptors (Lipinski definition) is 1. The highest BCUT2D eigenvalue weighted by molar-refractivity contribution is 5.47. The normalized spacial score (nSPS) is 25.5. The predicted octanol–water partition coefficient (Wildman–Crippen LogP) is 3.73. The van der Waals surface area contributed by atoms with E-state index in [1.54, 1.807) is 6.07 Å². The first kappa shape index (κ1) is 10.5. The van der Waals surface area contributed by atoms with E-state index in [1.165, 1.54) is 12.8 Å². The molecule has 2 atom stereocenters. The maximum Gasteiger partial charge on any atom is 0.146 e. The smallest absolute Gasteiger partial charge is 0.146 e. The van der Waals surface area contributed by atoms with Crippen LogP contribution in [0.4, 0.5) is 10.1 Å². The second-order valence-corrected chi connectivity index (χ2v) is 4.64. The Morgan fingerprint density at radius 2 is 2.13 bits per heavy atom. The SMILES string of the molecule is Cc1ccc(NC2CCCC2C)c(F)c1. The Morgan fingerprint density at radius 1 is 1.33 bits per heavy atom. The van der Waals surface area contributed by atoms with E-state index in [0.717, 1.165) is 12.0 Å². The zero-order valence-corrected chi connectivity index (χ0v) is 9.39. The van der Waals surface area contributed by atoms with Gasteiger partial charge in [-0.1, -0.05) is 19.4 Å². The van der Waals surface area contributed by atoms with Crippen LogP contribution in [0.2, 0.25) is 0 Å². The molecule has 1 N–H and O–H groups in total. The average molecular weight is 207 g/mol. The summed E-state index contributed by atoms with van der Waals surface area (Å²) in [6.45, 7) is 4.14. The molecule has 2 unspecified atom stereocenters. The summed E-state index contributed by atoms with van der Waals surface area (Å²) >= 11 is 0. The fourth-order valence-electron chi connectivity index (χ4n) is 2.30. The third-order valence-corrected chi connectivity index (χ3v) is 3.33. The lowest BCUT2D eigenvalue weighted by Gasteiger charge is -2.19. The number of nitrogens with one attached hydrogen (secondary N) is 1. The maximum absolute atomic E-state index is 13.6. The topological polar surface area (TPSA) is 12.0 Å². The lowest BCUT2D eigenvalue weighted by atomic mass is 10.1. The minimum Gasteiger partial charge on any atom is -0.380 e. The number of rotatable bonds is 2. The Balaban J connectivity index is 2.10. The summed E-state index contributed by atoms with van der Waals surface area (Å²) in [5.41, 5.74) is 1.62. The summed E-state index contributed by atoms with van der Waals surface area (Å²) in [6, 6.07) is 5.82. The van der Waals surface area contributed by atoms with E-state index in [2.05, 4.69) is 12.2 Å². The van der Waals surface area contributed by atoms with Gasteiger partial charge in [0.2, 0.25) is 0 Å². The summed E-state index contributed by atoms with van der Waals surface area (Å²) < 4.78 is 13.6. The molecule has 0 radical (unpaired) electrons. The molecule has 1 nitrogen and oxygen atoms in total. The molecule has 1 fully saturated rings. The Labute approximate surface area is 90.7 Å². The highest BCUT2D eigenvalue weighted by Crippen LogP contribution is 2.28. The van der Waals surface area contributed by atoms with Gasteiger partial charge in [-0.05, 0) is 43.4 Å². The molecule has 0 aromatic heterocycles. The molecule has 2 heteroatoms. The van der Waals surface area contributed by atoms with E-state index >= 15 is 0 Å². The molecule has 15 heavy (non-hydrogen) atoms. The van der Waals surface area contributed by atoms with Crippen LogP contribution in [0, 0.1) is 18.7 Å². The number of anilines is 1. The average Bonchev–Trinajstić information content (AvgIpc) is 2.57. The highest BCUT2D eigenvalue weighted by Gasteiger charge is 2.23. The second kappa shape index (κ2) is 4.21. The first-order chi connectivity index (χ1) is 7.16. The van der Waals surface area contributed by atoms with E-state index < -0.39 is 0 Å². The highest BCUT2D eigenvalue weighted by atomic mass is 19.1. The van der Waals surface area contributed by atoms with Crippen LogP contribution in [-0.2, 0) is 0 Å². The van der Waals surface area contributed by atoms with Crippen LogP contribution < -0.4 is 5.32 Å². The number of hydrogen-bond donors (Lipinski definition) is 1. The molecule has 2 rings (SSSR count). The van der Waals surface area contributed by atoms with Gasteiger partial charge in [0.1, 0.15) is 5.82 Å². The van der Waals surface area contributed by atoms with Gasteiger partial charge in [0.05, 0.1) is 5.69 Å². The molecular weight excluding hydrogens is 189 g/mol. The van der Waals surface area contributed by atoms with E-state index in [4.69, 9.17) is 0 Å². The van der Waals surface area contributed by atoms with Crippen molar-refractivity contribution in [1.29, 1.82) is 0 Å². The van der Waals surface area contributed by atoms with Crippen molar-refractivity contribution in [2.45, 2.75) is 39.2 Å². The van der Waals surface area contributed by atoms with Crippen LogP contribution in [0.25, 0.3) is 0 Å². The van der Waals surface area contributed by atoms with Crippen molar-refractivity contribution in [2.24, 2.45) is 5.92 Å². The number of aryl methyl sites for hydroxylation is 1. The molecule has 0 amide bonds. The quantitative estimate of drug-likeness (QED) is 0.779. The molecule has 0 bridgehead atoms. The predicted molar refractivity (Wildman–Crippen MR) is 61.6 cm³/mol. The largest absolute Gasteiger partial charge is 0.380 e. The van der Waals surface area contributed by atoms with Crippen LogP contribution in [0.5, 0.6) is 0 Å². The van der Waals surface area contributed by atoms with E-state index in [1.807, 2.05) is 19.1 Å². The van der Waals surface area contributed by atoms with Gasteiger partial charge in [-0.15, -0.1) is 0 Å². The molecular formula is C13H18FN. The Kier molecular flexibility index (Phi) is 2.94. The van der Waals surface area contributed by atoms with Crippen molar-refractivity contribution in [3.8, 4) is 0 Å². The second-order valence-electron chi connectivity index (χ2n) is 4.64. The van der Waals surface area contributed by atoms with Gasteiger partial charge in [0.25, 0.3) is 0 Å². The zero-order valence-electron chi connectivity index (χ0n) is 9.39. The molecule has 1 saturated carbocycles. The van der Waals surface area contributed by atoms with Gasteiger partial charge < -0.3 is 5.32 Å². The summed E-state index contributed by atoms with van der Waals surface area (Å²) in [7, 11) is 0. The lowest BCUT2D eigenvalue weighted by molar-refractivity contribution is 0.549. The van der Waals surface area contributed by atoms with E-state index in [9.17, 15) is 4.39 Å². The van der Waals surface area contributed by atoms with Gasteiger partial charge in [0, 0.05) is 6.04 Å².